The maximum atomic E-state index is 12.7. The molecule has 1 aromatic heterocycles. The van der Waals surface area contributed by atoms with Crippen LogP contribution in [0.1, 0.15) is 16.7 Å². The van der Waals surface area contributed by atoms with Crippen molar-refractivity contribution in [1.29, 1.82) is 0 Å². The fraction of sp³-hybridized carbons (Fsp3) is 0.138. The van der Waals surface area contributed by atoms with Gasteiger partial charge in [0.25, 0.3) is 0 Å². The molecule has 3 aromatic carbocycles. The van der Waals surface area contributed by atoms with Crippen LogP contribution in [0.2, 0.25) is 0 Å². The van der Waals surface area contributed by atoms with Crippen molar-refractivity contribution < 1.29 is 27.4 Å². The van der Waals surface area contributed by atoms with Crippen molar-refractivity contribution in [3.05, 3.63) is 114 Å². The first kappa shape index (κ1) is 24.9. The summed E-state index contributed by atoms with van der Waals surface area (Å²) in [6, 6.07) is 27.5. The largest absolute Gasteiger partial charge is 0.484 e. The SMILES string of the molecule is C=Cc1cc(OCC(F)(F)F)cc(-c2ccc(OCc3ccccc3)nc2OCc2ccccc2)c1. The van der Waals surface area contributed by atoms with Crippen LogP contribution < -0.4 is 14.2 Å². The van der Waals surface area contributed by atoms with Gasteiger partial charge in [-0.1, -0.05) is 73.3 Å². The topological polar surface area (TPSA) is 40.6 Å². The highest BCUT2D eigenvalue weighted by Crippen LogP contribution is 2.35. The molecule has 0 atom stereocenters. The molecule has 0 bridgehead atoms. The van der Waals surface area contributed by atoms with E-state index in [0.29, 0.717) is 29.2 Å². The van der Waals surface area contributed by atoms with E-state index in [-0.39, 0.29) is 18.2 Å². The summed E-state index contributed by atoms with van der Waals surface area (Å²) in [7, 11) is 0. The third kappa shape index (κ3) is 7.12. The van der Waals surface area contributed by atoms with E-state index in [0.717, 1.165) is 11.1 Å². The predicted octanol–water partition coefficient (Wildman–Crippen LogP) is 7.49. The number of halogens is 3. The van der Waals surface area contributed by atoms with E-state index >= 15 is 0 Å². The molecule has 4 nitrogen and oxygen atoms in total. The van der Waals surface area contributed by atoms with E-state index in [9.17, 15) is 13.2 Å². The monoisotopic (exact) mass is 491 g/mol. The molecule has 0 fully saturated rings. The van der Waals surface area contributed by atoms with Crippen molar-refractivity contribution in [3.8, 4) is 28.6 Å². The predicted molar refractivity (Wildman–Crippen MR) is 133 cm³/mol. The molecule has 0 aliphatic carbocycles. The lowest BCUT2D eigenvalue weighted by Gasteiger charge is -2.15. The van der Waals surface area contributed by atoms with Crippen LogP contribution in [-0.4, -0.2) is 17.8 Å². The van der Waals surface area contributed by atoms with Gasteiger partial charge in [0.1, 0.15) is 19.0 Å². The van der Waals surface area contributed by atoms with Crippen molar-refractivity contribution in [2.75, 3.05) is 6.61 Å². The normalized spacial score (nSPS) is 11.1. The Morgan fingerprint density at radius 2 is 1.39 bits per heavy atom. The van der Waals surface area contributed by atoms with Gasteiger partial charge in [-0.3, -0.25) is 0 Å². The van der Waals surface area contributed by atoms with E-state index in [1.54, 1.807) is 24.3 Å². The molecule has 36 heavy (non-hydrogen) atoms. The highest BCUT2D eigenvalue weighted by molar-refractivity contribution is 5.73. The number of ether oxygens (including phenoxy) is 3. The summed E-state index contributed by atoms with van der Waals surface area (Å²) in [5.74, 6) is 0.713. The minimum Gasteiger partial charge on any atom is -0.484 e. The van der Waals surface area contributed by atoms with Crippen LogP contribution in [0, 0.1) is 0 Å². The molecule has 0 amide bonds. The number of hydrogen-bond acceptors (Lipinski definition) is 4. The lowest BCUT2D eigenvalue weighted by Crippen LogP contribution is -2.19. The molecule has 0 saturated heterocycles. The minimum absolute atomic E-state index is 0.0677. The lowest BCUT2D eigenvalue weighted by molar-refractivity contribution is -0.153. The van der Waals surface area contributed by atoms with Gasteiger partial charge >= 0.3 is 6.18 Å². The number of hydrogen-bond donors (Lipinski definition) is 0. The number of benzene rings is 3. The fourth-order valence-corrected chi connectivity index (χ4v) is 3.43. The highest BCUT2D eigenvalue weighted by Gasteiger charge is 2.28. The number of pyridine rings is 1. The van der Waals surface area contributed by atoms with E-state index in [1.807, 2.05) is 60.7 Å². The third-order valence-corrected chi connectivity index (χ3v) is 5.16. The Bertz CT molecular complexity index is 1290. The Morgan fingerprint density at radius 3 is 2.00 bits per heavy atom. The number of rotatable bonds is 10. The molecule has 4 rings (SSSR count). The summed E-state index contributed by atoms with van der Waals surface area (Å²) in [5, 5.41) is 0. The van der Waals surface area contributed by atoms with E-state index < -0.39 is 12.8 Å². The smallest absolute Gasteiger partial charge is 0.422 e. The maximum Gasteiger partial charge on any atom is 0.422 e. The van der Waals surface area contributed by atoms with Crippen molar-refractivity contribution in [1.82, 2.24) is 4.98 Å². The Kier molecular flexibility index (Phi) is 7.90. The van der Waals surface area contributed by atoms with Gasteiger partial charge in [0.2, 0.25) is 11.8 Å². The summed E-state index contributed by atoms with van der Waals surface area (Å²) in [6.07, 6.45) is -2.91. The van der Waals surface area contributed by atoms with Gasteiger partial charge in [-0.25, -0.2) is 0 Å². The van der Waals surface area contributed by atoms with Gasteiger partial charge < -0.3 is 14.2 Å². The van der Waals surface area contributed by atoms with Crippen LogP contribution in [0.4, 0.5) is 13.2 Å². The summed E-state index contributed by atoms with van der Waals surface area (Å²) in [5.41, 5.74) is 3.69. The quantitative estimate of drug-likeness (QED) is 0.230. The molecule has 184 valence electrons. The van der Waals surface area contributed by atoms with Gasteiger partial charge in [0, 0.05) is 11.6 Å². The van der Waals surface area contributed by atoms with Crippen LogP contribution >= 0.6 is 0 Å². The standard InChI is InChI=1S/C29H24F3NO3/c1-2-21-15-24(17-25(16-21)36-20-29(30,31)32)26-13-14-27(34-18-22-9-5-3-6-10-22)33-28(26)35-19-23-11-7-4-8-12-23/h2-17H,1,18-20H2. The number of aromatic nitrogens is 1. The average Bonchev–Trinajstić information content (AvgIpc) is 2.90. The van der Waals surface area contributed by atoms with Crippen LogP contribution in [0.5, 0.6) is 17.5 Å². The number of nitrogens with zero attached hydrogens (tertiary/aromatic N) is 1. The van der Waals surface area contributed by atoms with Crippen molar-refractivity contribution in [2.45, 2.75) is 19.4 Å². The van der Waals surface area contributed by atoms with Crippen LogP contribution in [0.3, 0.4) is 0 Å². The lowest BCUT2D eigenvalue weighted by atomic mass is 10.0. The first-order chi connectivity index (χ1) is 17.4. The van der Waals surface area contributed by atoms with Crippen molar-refractivity contribution in [2.24, 2.45) is 0 Å². The molecule has 0 unspecified atom stereocenters. The van der Waals surface area contributed by atoms with Crippen LogP contribution in [0.15, 0.2) is 97.6 Å². The molecule has 0 radical (unpaired) electrons. The maximum absolute atomic E-state index is 12.7. The molecule has 1 heterocycles. The van der Waals surface area contributed by atoms with Crippen molar-refractivity contribution >= 4 is 6.08 Å². The molecule has 0 aliphatic rings. The zero-order valence-corrected chi connectivity index (χ0v) is 19.4. The minimum atomic E-state index is -4.45. The summed E-state index contributed by atoms with van der Waals surface area (Å²) >= 11 is 0. The van der Waals surface area contributed by atoms with Gasteiger partial charge in [-0.05, 0) is 46.5 Å². The van der Waals surface area contributed by atoms with Crippen LogP contribution in [0.25, 0.3) is 17.2 Å². The van der Waals surface area contributed by atoms with Crippen LogP contribution in [-0.2, 0) is 13.2 Å². The summed E-state index contributed by atoms with van der Waals surface area (Å²) < 4.78 is 55.1. The van der Waals surface area contributed by atoms with Gasteiger partial charge in [-0.2, -0.15) is 18.2 Å². The zero-order valence-electron chi connectivity index (χ0n) is 19.4. The van der Waals surface area contributed by atoms with E-state index in [1.165, 1.54) is 12.1 Å². The summed E-state index contributed by atoms with van der Waals surface area (Å²) in [6.45, 7) is 2.92. The molecule has 4 aromatic rings. The Morgan fingerprint density at radius 1 is 0.750 bits per heavy atom. The van der Waals surface area contributed by atoms with Gasteiger partial charge in [0.15, 0.2) is 6.61 Å². The molecule has 0 saturated carbocycles. The van der Waals surface area contributed by atoms with E-state index in [2.05, 4.69) is 11.6 Å². The third-order valence-electron chi connectivity index (χ3n) is 5.16. The van der Waals surface area contributed by atoms with E-state index in [4.69, 9.17) is 14.2 Å². The molecule has 7 heteroatoms. The van der Waals surface area contributed by atoms with Gasteiger partial charge in [-0.15, -0.1) is 0 Å². The molecular weight excluding hydrogens is 467 g/mol. The molecule has 0 spiro atoms. The Labute approximate surface area is 207 Å². The average molecular weight is 492 g/mol. The first-order valence-electron chi connectivity index (χ1n) is 11.2. The van der Waals surface area contributed by atoms with Crippen molar-refractivity contribution in [3.63, 3.8) is 0 Å². The summed E-state index contributed by atoms with van der Waals surface area (Å²) in [4.78, 5) is 4.56. The fourth-order valence-electron chi connectivity index (χ4n) is 3.43. The molecule has 0 N–H and O–H groups in total. The van der Waals surface area contributed by atoms with Gasteiger partial charge in [0.05, 0.1) is 0 Å². The second-order valence-corrected chi connectivity index (χ2v) is 7.95. The number of alkyl halides is 3. The highest BCUT2D eigenvalue weighted by atomic mass is 19.4. The second kappa shape index (κ2) is 11.4. The second-order valence-electron chi connectivity index (χ2n) is 7.95. The molecule has 0 aliphatic heterocycles. The Hall–Kier alpha value is -4.26. The first-order valence-corrected chi connectivity index (χ1v) is 11.2. The Balaban J connectivity index is 1.65. The zero-order chi connectivity index (χ0) is 25.4. The molecular formula is C29H24F3NO3.